The van der Waals surface area contributed by atoms with Crippen LogP contribution < -0.4 is 0 Å². The summed E-state index contributed by atoms with van der Waals surface area (Å²) in [5.74, 6) is -0.870. The van der Waals surface area contributed by atoms with Crippen LogP contribution in [0.3, 0.4) is 0 Å². The summed E-state index contributed by atoms with van der Waals surface area (Å²) in [6.45, 7) is 8.48. The number of hydrogen-bond donors (Lipinski definition) is 1. The van der Waals surface area contributed by atoms with Gasteiger partial charge in [-0.2, -0.15) is 0 Å². The lowest BCUT2D eigenvalue weighted by molar-refractivity contribution is 0.0697. The first-order valence-electron chi connectivity index (χ1n) is 6.11. The third kappa shape index (κ3) is 4.19. The van der Waals surface area contributed by atoms with E-state index in [1.165, 1.54) is 0 Å². The van der Waals surface area contributed by atoms with E-state index in [2.05, 4.69) is 25.7 Å². The van der Waals surface area contributed by atoms with Gasteiger partial charge in [0, 0.05) is 12.6 Å². The molecule has 0 radical (unpaired) electrons. The molecule has 0 heterocycles. The average Bonchev–Trinajstić information content (AvgIpc) is 2.29. The van der Waals surface area contributed by atoms with Crippen molar-refractivity contribution in [1.82, 2.24) is 4.90 Å². The van der Waals surface area contributed by atoms with Crippen molar-refractivity contribution in [2.45, 2.75) is 39.8 Å². The normalized spacial score (nSPS) is 11.1. The molecular weight excluding hydrogens is 214 g/mol. The zero-order valence-electron chi connectivity index (χ0n) is 10.8. The van der Waals surface area contributed by atoms with Crippen molar-refractivity contribution >= 4 is 5.97 Å². The molecule has 0 fully saturated rings. The van der Waals surface area contributed by atoms with Crippen molar-refractivity contribution in [3.05, 3.63) is 35.4 Å². The first kappa shape index (κ1) is 13.7. The summed E-state index contributed by atoms with van der Waals surface area (Å²) < 4.78 is 0. The topological polar surface area (TPSA) is 40.5 Å². The molecule has 3 heteroatoms. The smallest absolute Gasteiger partial charge is 0.335 e. The van der Waals surface area contributed by atoms with Gasteiger partial charge in [0.25, 0.3) is 0 Å². The fourth-order valence-corrected chi connectivity index (χ4v) is 1.79. The Morgan fingerprint density at radius 3 is 2.29 bits per heavy atom. The monoisotopic (exact) mass is 235 g/mol. The van der Waals surface area contributed by atoms with E-state index in [0.29, 0.717) is 11.6 Å². The van der Waals surface area contributed by atoms with Gasteiger partial charge in [0.05, 0.1) is 5.56 Å². The molecule has 0 unspecified atom stereocenters. The number of aromatic carboxylic acids is 1. The summed E-state index contributed by atoms with van der Waals surface area (Å²) in [7, 11) is 0. The SMILES string of the molecule is CCCN(Cc1ccc(C(=O)O)cc1)C(C)C. The Labute approximate surface area is 103 Å². The van der Waals surface area contributed by atoms with Crippen molar-refractivity contribution in [2.24, 2.45) is 0 Å². The summed E-state index contributed by atoms with van der Waals surface area (Å²) in [5.41, 5.74) is 1.51. The molecule has 1 rings (SSSR count). The third-order valence-electron chi connectivity index (χ3n) is 2.83. The van der Waals surface area contributed by atoms with E-state index in [0.717, 1.165) is 25.1 Å². The molecule has 0 aliphatic rings. The Morgan fingerprint density at radius 1 is 1.29 bits per heavy atom. The largest absolute Gasteiger partial charge is 0.478 e. The highest BCUT2D eigenvalue weighted by atomic mass is 16.4. The second-order valence-electron chi connectivity index (χ2n) is 4.57. The quantitative estimate of drug-likeness (QED) is 0.824. The molecule has 0 amide bonds. The lowest BCUT2D eigenvalue weighted by Crippen LogP contribution is -2.30. The zero-order chi connectivity index (χ0) is 12.8. The summed E-state index contributed by atoms with van der Waals surface area (Å²) in [6, 6.07) is 7.64. The van der Waals surface area contributed by atoms with Crippen LogP contribution in [0.4, 0.5) is 0 Å². The molecule has 1 N–H and O–H groups in total. The molecule has 94 valence electrons. The van der Waals surface area contributed by atoms with E-state index >= 15 is 0 Å². The van der Waals surface area contributed by atoms with Gasteiger partial charge in [0.2, 0.25) is 0 Å². The molecule has 0 aromatic heterocycles. The highest BCUT2D eigenvalue weighted by molar-refractivity contribution is 5.87. The fourth-order valence-electron chi connectivity index (χ4n) is 1.79. The summed E-state index contributed by atoms with van der Waals surface area (Å²) in [4.78, 5) is 13.1. The van der Waals surface area contributed by atoms with Crippen molar-refractivity contribution in [3.63, 3.8) is 0 Å². The third-order valence-corrected chi connectivity index (χ3v) is 2.83. The van der Waals surface area contributed by atoms with Crippen LogP contribution in [-0.2, 0) is 6.54 Å². The zero-order valence-corrected chi connectivity index (χ0v) is 10.8. The standard InChI is InChI=1S/C14H21NO2/c1-4-9-15(11(2)3)10-12-5-7-13(8-6-12)14(16)17/h5-8,11H,4,9-10H2,1-3H3,(H,16,17). The molecule has 0 saturated heterocycles. The van der Waals surface area contributed by atoms with Gasteiger partial charge < -0.3 is 5.11 Å². The maximum Gasteiger partial charge on any atom is 0.335 e. The molecule has 0 atom stereocenters. The van der Waals surface area contributed by atoms with Gasteiger partial charge in [0.1, 0.15) is 0 Å². The van der Waals surface area contributed by atoms with E-state index in [1.807, 2.05) is 12.1 Å². The molecule has 0 saturated carbocycles. The van der Waals surface area contributed by atoms with Crippen LogP contribution in [0, 0.1) is 0 Å². The van der Waals surface area contributed by atoms with Crippen molar-refractivity contribution < 1.29 is 9.90 Å². The Hall–Kier alpha value is -1.35. The number of benzene rings is 1. The van der Waals surface area contributed by atoms with E-state index in [1.54, 1.807) is 12.1 Å². The molecule has 0 bridgehead atoms. The number of hydrogen-bond acceptors (Lipinski definition) is 2. The van der Waals surface area contributed by atoms with E-state index < -0.39 is 5.97 Å². The Morgan fingerprint density at radius 2 is 1.88 bits per heavy atom. The van der Waals surface area contributed by atoms with Crippen LogP contribution in [0.1, 0.15) is 43.1 Å². The molecular formula is C14H21NO2. The lowest BCUT2D eigenvalue weighted by Gasteiger charge is -2.26. The Balaban J connectivity index is 2.69. The van der Waals surface area contributed by atoms with Gasteiger partial charge in [-0.3, -0.25) is 4.90 Å². The average molecular weight is 235 g/mol. The second-order valence-corrected chi connectivity index (χ2v) is 4.57. The van der Waals surface area contributed by atoms with Crippen LogP contribution >= 0.6 is 0 Å². The molecule has 0 aliphatic heterocycles. The molecule has 1 aromatic carbocycles. The number of carbonyl (C=O) groups is 1. The van der Waals surface area contributed by atoms with Gasteiger partial charge in [-0.1, -0.05) is 19.1 Å². The van der Waals surface area contributed by atoms with Crippen LogP contribution in [0.25, 0.3) is 0 Å². The number of carboxylic acids is 1. The molecule has 17 heavy (non-hydrogen) atoms. The Bertz CT molecular complexity index is 357. The van der Waals surface area contributed by atoms with Gasteiger partial charge in [-0.15, -0.1) is 0 Å². The lowest BCUT2D eigenvalue weighted by atomic mass is 10.1. The summed E-state index contributed by atoms with van der Waals surface area (Å²) >= 11 is 0. The number of carboxylic acid groups (broad SMARTS) is 1. The van der Waals surface area contributed by atoms with Crippen molar-refractivity contribution in [2.75, 3.05) is 6.54 Å². The number of rotatable bonds is 6. The molecule has 3 nitrogen and oxygen atoms in total. The minimum Gasteiger partial charge on any atom is -0.478 e. The predicted molar refractivity (Wildman–Crippen MR) is 69.2 cm³/mol. The minimum absolute atomic E-state index is 0.348. The molecule has 0 spiro atoms. The Kier molecular flexibility index (Phi) is 5.16. The van der Waals surface area contributed by atoms with Crippen molar-refractivity contribution in [3.8, 4) is 0 Å². The molecule has 1 aromatic rings. The van der Waals surface area contributed by atoms with Crippen LogP contribution in [0.15, 0.2) is 24.3 Å². The van der Waals surface area contributed by atoms with Crippen molar-refractivity contribution in [1.29, 1.82) is 0 Å². The fraction of sp³-hybridized carbons (Fsp3) is 0.500. The van der Waals surface area contributed by atoms with E-state index in [4.69, 9.17) is 5.11 Å². The maximum absolute atomic E-state index is 10.7. The first-order valence-corrected chi connectivity index (χ1v) is 6.11. The van der Waals surface area contributed by atoms with Crippen LogP contribution in [-0.4, -0.2) is 28.6 Å². The number of nitrogens with zero attached hydrogens (tertiary/aromatic N) is 1. The van der Waals surface area contributed by atoms with Crippen LogP contribution in [0.5, 0.6) is 0 Å². The second kappa shape index (κ2) is 6.40. The first-order chi connectivity index (χ1) is 8.04. The van der Waals surface area contributed by atoms with Gasteiger partial charge in [-0.25, -0.2) is 4.79 Å². The highest BCUT2D eigenvalue weighted by Crippen LogP contribution is 2.10. The van der Waals surface area contributed by atoms with Gasteiger partial charge >= 0.3 is 5.97 Å². The van der Waals surface area contributed by atoms with Crippen LogP contribution in [0.2, 0.25) is 0 Å². The van der Waals surface area contributed by atoms with Gasteiger partial charge in [-0.05, 0) is 44.5 Å². The summed E-state index contributed by atoms with van der Waals surface area (Å²) in [5, 5.41) is 8.82. The summed E-state index contributed by atoms with van der Waals surface area (Å²) in [6.07, 6.45) is 1.13. The predicted octanol–water partition coefficient (Wildman–Crippen LogP) is 3.01. The van der Waals surface area contributed by atoms with E-state index in [-0.39, 0.29) is 0 Å². The maximum atomic E-state index is 10.7. The molecule has 0 aliphatic carbocycles. The van der Waals surface area contributed by atoms with E-state index in [9.17, 15) is 4.79 Å². The highest BCUT2D eigenvalue weighted by Gasteiger charge is 2.09. The minimum atomic E-state index is -0.870. The van der Waals surface area contributed by atoms with Gasteiger partial charge in [0.15, 0.2) is 0 Å².